The molecule has 0 heterocycles. The van der Waals surface area contributed by atoms with Crippen LogP contribution in [-0.4, -0.2) is 37.0 Å². The lowest BCUT2D eigenvalue weighted by atomic mass is 10.0. The summed E-state index contributed by atoms with van der Waals surface area (Å²) < 4.78 is 0. The fraction of sp³-hybridized carbons (Fsp3) is 0.562. The van der Waals surface area contributed by atoms with Crippen molar-refractivity contribution in [2.45, 2.75) is 32.7 Å². The van der Waals surface area contributed by atoms with Gasteiger partial charge in [0.25, 0.3) is 0 Å². The Balaban J connectivity index is 0. The Kier molecular flexibility index (Phi) is 14.7. The molecule has 0 saturated heterocycles. The molecule has 22 heavy (non-hydrogen) atoms. The van der Waals surface area contributed by atoms with Gasteiger partial charge in [-0.15, -0.1) is 24.8 Å². The van der Waals surface area contributed by atoms with Crippen molar-refractivity contribution < 1.29 is 4.79 Å². The van der Waals surface area contributed by atoms with Gasteiger partial charge in [-0.1, -0.05) is 44.2 Å². The fourth-order valence-corrected chi connectivity index (χ4v) is 2.16. The second-order valence-electron chi connectivity index (χ2n) is 4.95. The highest BCUT2D eigenvalue weighted by Crippen LogP contribution is 2.12. The minimum Gasteiger partial charge on any atom is -0.356 e. The largest absolute Gasteiger partial charge is 0.356 e. The molecule has 0 aliphatic rings. The molecule has 1 amide bonds. The van der Waals surface area contributed by atoms with Gasteiger partial charge in [-0.25, -0.2) is 0 Å². The van der Waals surface area contributed by atoms with E-state index in [0.717, 1.165) is 38.2 Å². The predicted molar refractivity (Wildman–Crippen MR) is 97.9 cm³/mol. The Labute approximate surface area is 146 Å². The monoisotopic (exact) mass is 349 g/mol. The van der Waals surface area contributed by atoms with E-state index in [0.29, 0.717) is 6.42 Å². The van der Waals surface area contributed by atoms with E-state index in [1.807, 2.05) is 30.3 Å². The molecular weight excluding hydrogens is 321 g/mol. The number of benzene rings is 1. The molecule has 0 aliphatic carbocycles. The van der Waals surface area contributed by atoms with E-state index >= 15 is 0 Å². The molecule has 6 heteroatoms. The van der Waals surface area contributed by atoms with Crippen LogP contribution in [-0.2, 0) is 4.79 Å². The van der Waals surface area contributed by atoms with Crippen LogP contribution in [0.1, 0.15) is 38.3 Å². The van der Waals surface area contributed by atoms with Crippen LogP contribution in [0.3, 0.4) is 0 Å². The fourth-order valence-electron chi connectivity index (χ4n) is 2.16. The summed E-state index contributed by atoms with van der Waals surface area (Å²) in [4.78, 5) is 14.2. The van der Waals surface area contributed by atoms with E-state index in [-0.39, 0.29) is 36.8 Å². The number of nitrogens with one attached hydrogen (secondary N) is 1. The Hall–Kier alpha value is -0.810. The van der Waals surface area contributed by atoms with Gasteiger partial charge >= 0.3 is 0 Å². The molecule has 1 atom stereocenters. The predicted octanol–water partition coefficient (Wildman–Crippen LogP) is 2.77. The first kappa shape index (κ1) is 23.5. The Morgan fingerprint density at radius 2 is 1.77 bits per heavy atom. The third kappa shape index (κ3) is 9.26. The second kappa shape index (κ2) is 13.8. The van der Waals surface area contributed by atoms with E-state index in [1.54, 1.807) is 0 Å². The topological polar surface area (TPSA) is 58.4 Å². The highest BCUT2D eigenvalue weighted by atomic mass is 35.5. The summed E-state index contributed by atoms with van der Waals surface area (Å²) in [6, 6.07) is 9.52. The molecule has 0 aliphatic heterocycles. The van der Waals surface area contributed by atoms with Crippen molar-refractivity contribution in [3.8, 4) is 0 Å². The number of hydrogen-bond acceptors (Lipinski definition) is 3. The maximum absolute atomic E-state index is 11.8. The normalized spacial score (nSPS) is 11.3. The number of hydrogen-bond donors (Lipinski definition) is 2. The molecule has 3 N–H and O–H groups in total. The number of carbonyl (C=O) groups is 1. The molecular formula is C16H29Cl2N3O. The van der Waals surface area contributed by atoms with Gasteiger partial charge in [-0.2, -0.15) is 0 Å². The van der Waals surface area contributed by atoms with E-state index < -0.39 is 0 Å². The van der Waals surface area contributed by atoms with Crippen LogP contribution in [0.2, 0.25) is 0 Å². The lowest BCUT2D eigenvalue weighted by molar-refractivity contribution is -0.121. The molecule has 1 aromatic rings. The van der Waals surface area contributed by atoms with E-state index in [2.05, 4.69) is 24.1 Å². The number of nitrogens with zero attached hydrogens (tertiary/aromatic N) is 1. The first-order valence-corrected chi connectivity index (χ1v) is 7.47. The van der Waals surface area contributed by atoms with Gasteiger partial charge < -0.3 is 16.0 Å². The zero-order chi connectivity index (χ0) is 14.8. The second-order valence-corrected chi connectivity index (χ2v) is 4.95. The number of halogens is 2. The first-order valence-electron chi connectivity index (χ1n) is 7.47. The molecule has 0 fully saturated rings. The van der Waals surface area contributed by atoms with Crippen LogP contribution in [0, 0.1) is 0 Å². The highest BCUT2D eigenvalue weighted by Gasteiger charge is 2.10. The lowest BCUT2D eigenvalue weighted by Gasteiger charge is -2.18. The molecule has 0 radical (unpaired) electrons. The van der Waals surface area contributed by atoms with Crippen molar-refractivity contribution in [2.24, 2.45) is 5.73 Å². The molecule has 0 bridgehead atoms. The summed E-state index contributed by atoms with van der Waals surface area (Å²) in [6.45, 7) is 8.17. The Bertz CT molecular complexity index is 386. The Morgan fingerprint density at radius 3 is 2.32 bits per heavy atom. The molecule has 0 spiro atoms. The van der Waals surface area contributed by atoms with Crippen LogP contribution in [0.5, 0.6) is 0 Å². The first-order chi connectivity index (χ1) is 9.67. The van der Waals surface area contributed by atoms with Gasteiger partial charge in [-0.05, 0) is 31.6 Å². The molecule has 128 valence electrons. The average Bonchev–Trinajstić information content (AvgIpc) is 2.48. The van der Waals surface area contributed by atoms with E-state index in [1.165, 1.54) is 0 Å². The number of carbonyl (C=O) groups excluding carboxylic acids is 1. The van der Waals surface area contributed by atoms with Crippen molar-refractivity contribution in [2.75, 3.05) is 26.2 Å². The lowest BCUT2D eigenvalue weighted by Crippen LogP contribution is -2.31. The maximum Gasteiger partial charge on any atom is 0.221 e. The van der Waals surface area contributed by atoms with Gasteiger partial charge in [0.1, 0.15) is 0 Å². The van der Waals surface area contributed by atoms with Crippen molar-refractivity contribution in [3.63, 3.8) is 0 Å². The van der Waals surface area contributed by atoms with Crippen LogP contribution >= 0.6 is 24.8 Å². The summed E-state index contributed by atoms with van der Waals surface area (Å²) in [5, 5.41) is 2.94. The number of nitrogens with two attached hydrogens (primary N) is 1. The van der Waals surface area contributed by atoms with Crippen molar-refractivity contribution >= 4 is 30.7 Å². The van der Waals surface area contributed by atoms with Gasteiger partial charge in [0.2, 0.25) is 5.91 Å². The van der Waals surface area contributed by atoms with Crippen LogP contribution in [0.25, 0.3) is 0 Å². The van der Waals surface area contributed by atoms with Gasteiger partial charge in [0.15, 0.2) is 0 Å². The van der Waals surface area contributed by atoms with Gasteiger partial charge in [0, 0.05) is 19.0 Å². The quantitative estimate of drug-likeness (QED) is 0.674. The molecule has 1 rings (SSSR count). The minimum absolute atomic E-state index is 0. The smallest absolute Gasteiger partial charge is 0.221 e. The van der Waals surface area contributed by atoms with Gasteiger partial charge in [-0.3, -0.25) is 4.79 Å². The van der Waals surface area contributed by atoms with Crippen LogP contribution < -0.4 is 11.1 Å². The zero-order valence-electron chi connectivity index (χ0n) is 13.5. The number of rotatable bonds is 9. The average molecular weight is 350 g/mol. The van der Waals surface area contributed by atoms with Crippen molar-refractivity contribution in [3.05, 3.63) is 35.9 Å². The van der Waals surface area contributed by atoms with Gasteiger partial charge in [0.05, 0.1) is 0 Å². The summed E-state index contributed by atoms with van der Waals surface area (Å²) in [5.74, 6) is 0.0286. The van der Waals surface area contributed by atoms with Crippen molar-refractivity contribution in [1.29, 1.82) is 0 Å². The van der Waals surface area contributed by atoms with E-state index in [4.69, 9.17) is 5.73 Å². The third-order valence-corrected chi connectivity index (χ3v) is 3.50. The third-order valence-electron chi connectivity index (χ3n) is 3.50. The maximum atomic E-state index is 11.8. The zero-order valence-corrected chi connectivity index (χ0v) is 15.1. The standard InChI is InChI=1S/C16H27N3O.2ClH/c1-3-19(4-2)12-8-11-18-16(20)13-15(17)14-9-6-5-7-10-14;;/h5-7,9-10,15H,3-4,8,11-13,17H2,1-2H3,(H,18,20);2*1H. The Morgan fingerprint density at radius 1 is 1.18 bits per heavy atom. The summed E-state index contributed by atoms with van der Waals surface area (Å²) >= 11 is 0. The summed E-state index contributed by atoms with van der Waals surface area (Å²) in [6.07, 6.45) is 1.32. The van der Waals surface area contributed by atoms with E-state index in [9.17, 15) is 4.79 Å². The highest BCUT2D eigenvalue weighted by molar-refractivity contribution is 5.85. The SMILES string of the molecule is CCN(CC)CCCNC(=O)CC(N)c1ccccc1.Cl.Cl. The summed E-state index contributed by atoms with van der Waals surface area (Å²) in [7, 11) is 0. The molecule has 1 aromatic carbocycles. The van der Waals surface area contributed by atoms with Crippen molar-refractivity contribution in [1.82, 2.24) is 10.2 Å². The molecule has 1 unspecified atom stereocenters. The van der Waals surface area contributed by atoms with Crippen LogP contribution in [0.4, 0.5) is 0 Å². The molecule has 0 aromatic heterocycles. The van der Waals surface area contributed by atoms with Crippen LogP contribution in [0.15, 0.2) is 30.3 Å². The minimum atomic E-state index is -0.223. The molecule has 4 nitrogen and oxygen atoms in total. The number of amides is 1. The molecule has 0 saturated carbocycles. The summed E-state index contributed by atoms with van der Waals surface area (Å²) in [5.41, 5.74) is 7.03.